The van der Waals surface area contributed by atoms with E-state index in [1.54, 1.807) is 0 Å². The first-order chi connectivity index (χ1) is 15.6. The quantitative estimate of drug-likeness (QED) is 0.374. The number of carbonyl (C=O) groups is 3. The van der Waals surface area contributed by atoms with Crippen LogP contribution in [-0.2, 0) is 27.2 Å². The molecule has 8 heteroatoms. The molecule has 1 aromatic heterocycles. The molecule has 2 N–H and O–H groups in total. The number of rotatable bonds is 7. The Morgan fingerprint density at radius 3 is 2.58 bits per heavy atom. The third-order valence-corrected chi connectivity index (χ3v) is 7.59. The molecule has 0 saturated carbocycles. The van der Waals surface area contributed by atoms with E-state index < -0.39 is 11.2 Å². The standard InChI is InChI=1S/C25H32N2O4S2/c1-15(32-17-10-8-9-16(13-17)26-20(28)14-25(2,3)4)22(29)27-23-21(24(30)31-5)18-11-6-7-12-19(18)33-23/h8-10,13,15H,6-7,11-12,14H2,1-5H3,(H,26,28)(H,27,29). The highest BCUT2D eigenvalue weighted by molar-refractivity contribution is 8.00. The maximum atomic E-state index is 13.0. The molecule has 0 fully saturated rings. The fourth-order valence-corrected chi connectivity index (χ4v) is 5.98. The molecule has 178 valence electrons. The maximum absolute atomic E-state index is 13.0. The molecule has 6 nitrogen and oxygen atoms in total. The number of ether oxygens (including phenoxy) is 1. The Labute approximate surface area is 203 Å². The molecule has 2 amide bonds. The van der Waals surface area contributed by atoms with Gasteiger partial charge >= 0.3 is 5.97 Å². The van der Waals surface area contributed by atoms with Crippen LogP contribution < -0.4 is 10.6 Å². The van der Waals surface area contributed by atoms with Crippen molar-refractivity contribution in [3.63, 3.8) is 0 Å². The molecular weight excluding hydrogens is 456 g/mol. The van der Waals surface area contributed by atoms with Crippen LogP contribution in [0.3, 0.4) is 0 Å². The molecular formula is C25H32N2O4S2. The summed E-state index contributed by atoms with van der Waals surface area (Å²) in [6, 6.07) is 7.49. The second kappa shape index (κ2) is 10.7. The number of carbonyl (C=O) groups excluding carboxylic acids is 3. The molecule has 1 unspecified atom stereocenters. The number of hydrogen-bond donors (Lipinski definition) is 2. The van der Waals surface area contributed by atoms with Crippen LogP contribution in [0.5, 0.6) is 0 Å². The lowest BCUT2D eigenvalue weighted by molar-refractivity contribution is -0.118. The van der Waals surface area contributed by atoms with Gasteiger partial charge in [-0.2, -0.15) is 0 Å². The van der Waals surface area contributed by atoms with Crippen molar-refractivity contribution in [3.05, 3.63) is 40.3 Å². The molecule has 0 saturated heterocycles. The van der Waals surface area contributed by atoms with Crippen LogP contribution in [0.1, 0.15) is 67.8 Å². The fraction of sp³-hybridized carbons (Fsp3) is 0.480. The van der Waals surface area contributed by atoms with Crippen molar-refractivity contribution >= 4 is 51.6 Å². The maximum Gasteiger partial charge on any atom is 0.341 e. The molecule has 0 aliphatic heterocycles. The zero-order valence-corrected chi connectivity index (χ0v) is 21.5. The van der Waals surface area contributed by atoms with Crippen LogP contribution in [-0.4, -0.2) is 30.1 Å². The van der Waals surface area contributed by atoms with E-state index in [1.165, 1.54) is 30.2 Å². The number of aryl methyl sites for hydroxylation is 1. The monoisotopic (exact) mass is 488 g/mol. The Morgan fingerprint density at radius 1 is 1.15 bits per heavy atom. The predicted molar refractivity (Wildman–Crippen MR) is 135 cm³/mol. The average molecular weight is 489 g/mol. The predicted octanol–water partition coefficient (Wildman–Crippen LogP) is 5.91. The molecule has 1 atom stereocenters. The number of anilines is 2. The number of hydrogen-bond acceptors (Lipinski definition) is 6. The lowest BCUT2D eigenvalue weighted by atomic mass is 9.92. The third kappa shape index (κ3) is 6.84. The fourth-order valence-electron chi connectivity index (χ4n) is 3.78. The second-order valence-electron chi connectivity index (χ2n) is 9.47. The van der Waals surface area contributed by atoms with E-state index in [0.717, 1.165) is 41.0 Å². The molecule has 0 spiro atoms. The summed E-state index contributed by atoms with van der Waals surface area (Å²) in [5.41, 5.74) is 2.15. The largest absolute Gasteiger partial charge is 0.465 e. The average Bonchev–Trinajstić information content (AvgIpc) is 3.09. The zero-order valence-electron chi connectivity index (χ0n) is 19.9. The highest BCUT2D eigenvalue weighted by Gasteiger charge is 2.28. The number of thiophene rings is 1. The minimum Gasteiger partial charge on any atom is -0.465 e. The SMILES string of the molecule is COC(=O)c1c(NC(=O)C(C)Sc2cccc(NC(=O)CC(C)(C)C)c2)sc2c1CCCC2. The van der Waals surface area contributed by atoms with Crippen molar-refractivity contribution in [3.8, 4) is 0 Å². The van der Waals surface area contributed by atoms with Crippen LogP contribution in [0.25, 0.3) is 0 Å². The second-order valence-corrected chi connectivity index (χ2v) is 12.0. The molecule has 1 heterocycles. The van der Waals surface area contributed by atoms with Gasteiger partial charge in [0.05, 0.1) is 17.9 Å². The van der Waals surface area contributed by atoms with Crippen LogP contribution in [0, 0.1) is 5.41 Å². The Bertz CT molecular complexity index is 1040. The van der Waals surface area contributed by atoms with E-state index in [2.05, 4.69) is 10.6 Å². The van der Waals surface area contributed by atoms with Gasteiger partial charge in [0.25, 0.3) is 0 Å². The molecule has 0 bridgehead atoms. The van der Waals surface area contributed by atoms with Gasteiger partial charge in [-0.3, -0.25) is 9.59 Å². The van der Waals surface area contributed by atoms with Crippen molar-refractivity contribution in [2.75, 3.05) is 17.7 Å². The minimum absolute atomic E-state index is 0.0348. The summed E-state index contributed by atoms with van der Waals surface area (Å²) in [5.74, 6) is -0.609. The van der Waals surface area contributed by atoms with Crippen LogP contribution >= 0.6 is 23.1 Å². The van der Waals surface area contributed by atoms with Crippen molar-refractivity contribution in [1.82, 2.24) is 0 Å². The topological polar surface area (TPSA) is 84.5 Å². The lowest BCUT2D eigenvalue weighted by Gasteiger charge is -2.17. The number of amides is 2. The van der Waals surface area contributed by atoms with E-state index in [9.17, 15) is 14.4 Å². The molecule has 2 aromatic rings. The first-order valence-electron chi connectivity index (χ1n) is 11.2. The number of fused-ring (bicyclic) bond motifs is 1. The Kier molecular flexibility index (Phi) is 8.23. The Morgan fingerprint density at radius 2 is 1.88 bits per heavy atom. The minimum atomic E-state index is -0.399. The Balaban J connectivity index is 1.68. The van der Waals surface area contributed by atoms with Crippen LogP contribution in [0.4, 0.5) is 10.7 Å². The lowest BCUT2D eigenvalue weighted by Crippen LogP contribution is -2.23. The van der Waals surface area contributed by atoms with E-state index in [0.29, 0.717) is 22.7 Å². The smallest absolute Gasteiger partial charge is 0.341 e. The number of methoxy groups -OCH3 is 1. The van der Waals surface area contributed by atoms with Gasteiger partial charge in [-0.1, -0.05) is 26.8 Å². The van der Waals surface area contributed by atoms with Gasteiger partial charge in [0.1, 0.15) is 5.00 Å². The summed E-state index contributed by atoms with van der Waals surface area (Å²) in [5, 5.41) is 6.08. The van der Waals surface area contributed by atoms with Gasteiger partial charge < -0.3 is 15.4 Å². The van der Waals surface area contributed by atoms with Gasteiger partial charge in [0, 0.05) is 21.9 Å². The highest BCUT2D eigenvalue weighted by Crippen LogP contribution is 2.39. The summed E-state index contributed by atoms with van der Waals surface area (Å²) in [6.45, 7) is 7.90. The molecule has 1 aromatic carbocycles. The zero-order chi connectivity index (χ0) is 24.2. The van der Waals surface area contributed by atoms with Gasteiger partial charge in [-0.05, 0) is 61.8 Å². The number of esters is 1. The molecule has 0 radical (unpaired) electrons. The summed E-state index contributed by atoms with van der Waals surface area (Å²) in [4.78, 5) is 39.7. The molecule has 1 aliphatic carbocycles. The summed E-state index contributed by atoms with van der Waals surface area (Å²) >= 11 is 2.89. The normalized spacial score (nSPS) is 14.2. The van der Waals surface area contributed by atoms with Crippen molar-refractivity contribution in [1.29, 1.82) is 0 Å². The summed E-state index contributed by atoms with van der Waals surface area (Å²) in [7, 11) is 1.37. The van der Waals surface area contributed by atoms with Crippen LogP contribution in [0.2, 0.25) is 0 Å². The van der Waals surface area contributed by atoms with Gasteiger partial charge in [-0.15, -0.1) is 23.1 Å². The molecule has 3 rings (SSSR count). The van der Waals surface area contributed by atoms with E-state index in [-0.39, 0.29) is 17.2 Å². The summed E-state index contributed by atoms with van der Waals surface area (Å²) < 4.78 is 4.99. The highest BCUT2D eigenvalue weighted by atomic mass is 32.2. The molecule has 33 heavy (non-hydrogen) atoms. The van der Waals surface area contributed by atoms with E-state index in [1.807, 2.05) is 52.0 Å². The van der Waals surface area contributed by atoms with Crippen molar-refractivity contribution in [2.24, 2.45) is 5.41 Å². The van der Waals surface area contributed by atoms with E-state index >= 15 is 0 Å². The van der Waals surface area contributed by atoms with Crippen LogP contribution in [0.15, 0.2) is 29.2 Å². The van der Waals surface area contributed by atoms with Gasteiger partial charge in [-0.25, -0.2) is 4.79 Å². The number of thioether (sulfide) groups is 1. The first-order valence-corrected chi connectivity index (χ1v) is 12.9. The first kappa shape index (κ1) is 25.3. The van der Waals surface area contributed by atoms with Gasteiger partial charge in [0.2, 0.25) is 11.8 Å². The number of benzene rings is 1. The van der Waals surface area contributed by atoms with Gasteiger partial charge in [0.15, 0.2) is 0 Å². The number of nitrogens with one attached hydrogen (secondary N) is 2. The summed E-state index contributed by atoms with van der Waals surface area (Å²) in [6.07, 6.45) is 4.32. The van der Waals surface area contributed by atoms with E-state index in [4.69, 9.17) is 4.74 Å². The van der Waals surface area contributed by atoms with Crippen molar-refractivity contribution < 1.29 is 19.1 Å². The van der Waals surface area contributed by atoms with Crippen molar-refractivity contribution in [2.45, 2.75) is 69.9 Å². The Hall–Kier alpha value is -2.32. The third-order valence-electron chi connectivity index (χ3n) is 5.29. The molecule has 1 aliphatic rings.